The molecule has 11 heteroatoms. The highest BCUT2D eigenvalue weighted by Gasteiger charge is 2.26. The molecule has 5 rings (SSSR count). The molecule has 2 amide bonds. The molecule has 2 atom stereocenters. The van der Waals surface area contributed by atoms with E-state index in [-0.39, 0.29) is 24.4 Å². The molecule has 1 aliphatic rings. The average Bonchev–Trinajstić information content (AvgIpc) is 3.52. The van der Waals surface area contributed by atoms with Gasteiger partial charge in [0.05, 0.1) is 22.3 Å². The Labute approximate surface area is 245 Å². The molecular weight excluding hydrogens is 552 g/mol. The van der Waals surface area contributed by atoms with Gasteiger partial charge in [-0.3, -0.25) is 9.59 Å². The number of carbonyl (C=O) groups excluding carboxylic acids is 2. The highest BCUT2D eigenvalue weighted by atomic mass is 32.2. The number of sulfonamides is 1. The summed E-state index contributed by atoms with van der Waals surface area (Å²) in [6, 6.07) is 14.1. The van der Waals surface area contributed by atoms with Gasteiger partial charge >= 0.3 is 0 Å². The van der Waals surface area contributed by atoms with Crippen LogP contribution in [0.2, 0.25) is 0 Å². The van der Waals surface area contributed by atoms with Crippen LogP contribution >= 0.6 is 0 Å². The number of aryl methyl sites for hydroxylation is 4. The van der Waals surface area contributed by atoms with Gasteiger partial charge in [-0.2, -0.15) is 5.10 Å². The molecule has 1 unspecified atom stereocenters. The maximum Gasteiger partial charge on any atom is 0.251 e. The summed E-state index contributed by atoms with van der Waals surface area (Å²) in [6.07, 6.45) is 2.35. The van der Waals surface area contributed by atoms with Crippen molar-refractivity contribution in [2.75, 3.05) is 18.4 Å². The highest BCUT2D eigenvalue weighted by molar-refractivity contribution is 7.89. The van der Waals surface area contributed by atoms with Gasteiger partial charge in [0.25, 0.3) is 5.91 Å². The van der Waals surface area contributed by atoms with Crippen molar-refractivity contribution in [1.29, 1.82) is 0 Å². The maximum atomic E-state index is 13.1. The van der Waals surface area contributed by atoms with Gasteiger partial charge in [0, 0.05) is 35.8 Å². The Morgan fingerprint density at radius 1 is 1.05 bits per heavy atom. The molecule has 4 aromatic rings. The van der Waals surface area contributed by atoms with Crippen LogP contribution in [0.1, 0.15) is 46.0 Å². The van der Waals surface area contributed by atoms with Gasteiger partial charge in [0.1, 0.15) is 6.04 Å². The largest absolute Gasteiger partial charge is 0.381 e. The average molecular weight is 589 g/mol. The molecule has 0 saturated carbocycles. The fraction of sp³-hybridized carbons (Fsp3) is 0.323. The van der Waals surface area contributed by atoms with Crippen molar-refractivity contribution in [3.63, 3.8) is 0 Å². The maximum absolute atomic E-state index is 13.1. The molecule has 0 spiro atoms. The smallest absolute Gasteiger partial charge is 0.251 e. The summed E-state index contributed by atoms with van der Waals surface area (Å²) in [5.41, 5.74) is 6.44. The predicted octanol–water partition coefficient (Wildman–Crippen LogP) is 3.66. The molecule has 4 N–H and O–H groups in total. The van der Waals surface area contributed by atoms with Gasteiger partial charge in [0.15, 0.2) is 0 Å². The van der Waals surface area contributed by atoms with Gasteiger partial charge in [-0.25, -0.2) is 17.8 Å². The number of amides is 2. The van der Waals surface area contributed by atoms with E-state index in [0.29, 0.717) is 23.4 Å². The van der Waals surface area contributed by atoms with Crippen molar-refractivity contribution in [2.45, 2.75) is 58.0 Å². The number of benzene rings is 3. The molecular formula is C31H36N6O4S. The summed E-state index contributed by atoms with van der Waals surface area (Å²) in [7, 11) is -3.68. The standard InChI is InChI=1S/C31H36N6O4S/c1-18-12-20(3)29(21(4)13-18)42(40,41)34-16-22(5)35-27-14-19(2)15-28-25(27)17-33-37(28)24-8-6-23(7-9-24)30(38)36-26-10-11-32-31(26)39/h6-9,12-15,17,22,26,34-35H,10-11,16H2,1-5H3,(H,32,39)(H,36,38)/t22-,26?/m1/s1. The molecule has 0 bridgehead atoms. The first-order chi connectivity index (χ1) is 19.9. The summed E-state index contributed by atoms with van der Waals surface area (Å²) in [5.74, 6) is -0.459. The van der Waals surface area contributed by atoms with Crippen LogP contribution in [0.4, 0.5) is 5.69 Å². The first-order valence-electron chi connectivity index (χ1n) is 13.9. The summed E-state index contributed by atoms with van der Waals surface area (Å²) >= 11 is 0. The van der Waals surface area contributed by atoms with Crippen molar-refractivity contribution in [1.82, 2.24) is 25.1 Å². The van der Waals surface area contributed by atoms with Gasteiger partial charge in [-0.05, 0) is 94.1 Å². The molecule has 3 aromatic carbocycles. The predicted molar refractivity (Wildman–Crippen MR) is 164 cm³/mol. The van der Waals surface area contributed by atoms with E-state index in [4.69, 9.17) is 0 Å². The summed E-state index contributed by atoms with van der Waals surface area (Å²) in [4.78, 5) is 24.8. The number of rotatable bonds is 9. The van der Waals surface area contributed by atoms with Gasteiger partial charge in [-0.15, -0.1) is 0 Å². The van der Waals surface area contributed by atoms with E-state index < -0.39 is 16.1 Å². The molecule has 1 aliphatic heterocycles. The van der Waals surface area contributed by atoms with Gasteiger partial charge < -0.3 is 16.0 Å². The van der Waals surface area contributed by atoms with E-state index in [0.717, 1.165) is 44.5 Å². The highest BCUT2D eigenvalue weighted by Crippen LogP contribution is 2.28. The molecule has 0 aliphatic carbocycles. The van der Waals surface area contributed by atoms with Crippen LogP contribution in [0.5, 0.6) is 0 Å². The van der Waals surface area contributed by atoms with Crippen LogP contribution in [0.25, 0.3) is 16.6 Å². The van der Waals surface area contributed by atoms with E-state index in [9.17, 15) is 18.0 Å². The lowest BCUT2D eigenvalue weighted by Crippen LogP contribution is -2.40. The van der Waals surface area contributed by atoms with Crippen LogP contribution < -0.4 is 20.7 Å². The Bertz CT molecular complexity index is 1760. The van der Waals surface area contributed by atoms with E-state index in [1.165, 1.54) is 0 Å². The Hall–Kier alpha value is -4.22. The molecule has 42 heavy (non-hydrogen) atoms. The molecule has 1 fully saturated rings. The quantitative estimate of drug-likeness (QED) is 0.236. The number of aromatic nitrogens is 2. The normalized spacial score (nSPS) is 15.9. The zero-order valence-corrected chi connectivity index (χ0v) is 25.2. The van der Waals surface area contributed by atoms with Crippen molar-refractivity contribution in [2.24, 2.45) is 0 Å². The van der Waals surface area contributed by atoms with Crippen LogP contribution in [-0.4, -0.2) is 55.2 Å². The Kier molecular flexibility index (Phi) is 8.07. The number of nitrogens with zero attached hydrogens (tertiary/aromatic N) is 2. The lowest BCUT2D eigenvalue weighted by molar-refractivity contribution is -0.120. The number of fused-ring (bicyclic) bond motifs is 1. The zero-order chi connectivity index (χ0) is 30.2. The third-order valence-corrected chi connectivity index (χ3v) is 9.14. The number of carbonyl (C=O) groups is 2. The number of hydrogen-bond donors (Lipinski definition) is 4. The minimum Gasteiger partial charge on any atom is -0.381 e. The monoisotopic (exact) mass is 588 g/mol. The Morgan fingerprint density at radius 2 is 1.71 bits per heavy atom. The Morgan fingerprint density at radius 3 is 2.36 bits per heavy atom. The molecule has 2 heterocycles. The van der Waals surface area contributed by atoms with Crippen molar-refractivity contribution < 1.29 is 18.0 Å². The van der Waals surface area contributed by atoms with Crippen molar-refractivity contribution in [3.8, 4) is 5.69 Å². The third kappa shape index (κ3) is 6.02. The SMILES string of the molecule is Cc1cc(C)c(S(=O)(=O)NC[C@@H](C)Nc2cc(C)cc3c2cnn3-c2ccc(C(=O)NC3CCNC3=O)cc2)c(C)c1. The lowest BCUT2D eigenvalue weighted by atomic mass is 10.1. The second-order valence-corrected chi connectivity index (χ2v) is 12.8. The molecule has 1 aromatic heterocycles. The summed E-state index contributed by atoms with van der Waals surface area (Å²) in [5, 5.41) is 14.4. The van der Waals surface area contributed by atoms with Crippen LogP contribution in [0, 0.1) is 27.7 Å². The summed E-state index contributed by atoms with van der Waals surface area (Å²) in [6.45, 7) is 10.3. The van der Waals surface area contributed by atoms with E-state index in [1.807, 2.05) is 71.0 Å². The Balaban J connectivity index is 1.31. The number of hydrogen-bond acceptors (Lipinski definition) is 6. The fourth-order valence-corrected chi connectivity index (χ4v) is 7.11. The van der Waals surface area contributed by atoms with Crippen LogP contribution in [0.15, 0.2) is 59.6 Å². The molecule has 0 radical (unpaired) electrons. The van der Waals surface area contributed by atoms with Crippen LogP contribution in [-0.2, 0) is 14.8 Å². The molecule has 10 nitrogen and oxygen atoms in total. The molecule has 220 valence electrons. The first-order valence-corrected chi connectivity index (χ1v) is 15.4. The van der Waals surface area contributed by atoms with Crippen molar-refractivity contribution in [3.05, 3.63) is 82.5 Å². The van der Waals surface area contributed by atoms with E-state index >= 15 is 0 Å². The molecule has 1 saturated heterocycles. The first kappa shape index (κ1) is 29.3. The van der Waals surface area contributed by atoms with Gasteiger partial charge in [0.2, 0.25) is 15.9 Å². The van der Waals surface area contributed by atoms with Crippen LogP contribution in [0.3, 0.4) is 0 Å². The van der Waals surface area contributed by atoms with Crippen molar-refractivity contribution >= 4 is 38.4 Å². The number of anilines is 1. The van der Waals surface area contributed by atoms with E-state index in [2.05, 4.69) is 25.8 Å². The fourth-order valence-electron chi connectivity index (χ4n) is 5.53. The zero-order valence-electron chi connectivity index (χ0n) is 24.4. The second-order valence-electron chi connectivity index (χ2n) is 11.1. The second kappa shape index (κ2) is 11.6. The topological polar surface area (TPSA) is 134 Å². The van der Waals surface area contributed by atoms with Gasteiger partial charge in [-0.1, -0.05) is 17.7 Å². The summed E-state index contributed by atoms with van der Waals surface area (Å²) < 4.78 is 30.8. The number of nitrogens with one attached hydrogen (secondary N) is 4. The minimum atomic E-state index is -3.68. The third-order valence-electron chi connectivity index (χ3n) is 7.42. The minimum absolute atomic E-state index is 0.161. The van der Waals surface area contributed by atoms with E-state index in [1.54, 1.807) is 23.0 Å². The lowest BCUT2D eigenvalue weighted by Gasteiger charge is -2.19.